The molecule has 0 radical (unpaired) electrons. The summed E-state index contributed by atoms with van der Waals surface area (Å²) in [5, 5.41) is 0. The van der Waals surface area contributed by atoms with Gasteiger partial charge in [-0.3, -0.25) is 0 Å². The van der Waals surface area contributed by atoms with E-state index in [2.05, 4.69) is 0 Å². The Bertz CT molecular complexity index is 323. The molecule has 1 aromatic carbocycles. The number of halogens is 3. The highest BCUT2D eigenvalue weighted by molar-refractivity contribution is 6.70. The van der Waals surface area contributed by atoms with E-state index < -0.39 is 25.8 Å². The molecule has 0 unspecified atom stereocenters. The van der Waals surface area contributed by atoms with Crippen LogP contribution >= 0.6 is 0 Å². The monoisotopic (exact) mass is 220 g/mol. The lowest BCUT2D eigenvalue weighted by molar-refractivity contribution is 0.436. The largest absolute Gasteiger partial charge is 0.544 e. The lowest BCUT2D eigenvalue weighted by Crippen LogP contribution is -2.29. The van der Waals surface area contributed by atoms with E-state index in [0.717, 1.165) is 12.1 Å². The molecule has 0 aliphatic heterocycles. The molecule has 14 heavy (non-hydrogen) atoms. The Kier molecular flexibility index (Phi) is 2.89. The molecule has 0 amide bonds. The van der Waals surface area contributed by atoms with Gasteiger partial charge >= 0.3 is 0 Å². The quantitative estimate of drug-likeness (QED) is 0.548. The van der Waals surface area contributed by atoms with E-state index in [9.17, 15) is 13.2 Å². The summed E-state index contributed by atoms with van der Waals surface area (Å²) in [7, 11) is -1.92. The highest BCUT2D eigenvalue weighted by Gasteiger charge is 2.19. The molecule has 0 heterocycles. The topological polar surface area (TPSA) is 9.23 Å². The highest BCUT2D eigenvalue weighted by Crippen LogP contribution is 2.21. The van der Waals surface area contributed by atoms with Gasteiger partial charge in [-0.05, 0) is 19.6 Å². The predicted octanol–water partition coefficient (Wildman–Crippen LogP) is 3.32. The molecular formula is C9H11F3OSi. The Morgan fingerprint density at radius 1 is 1.00 bits per heavy atom. The van der Waals surface area contributed by atoms with Gasteiger partial charge in [0.05, 0.1) is 0 Å². The smallest absolute Gasteiger partial charge is 0.242 e. The van der Waals surface area contributed by atoms with Crippen LogP contribution in [0.25, 0.3) is 0 Å². The van der Waals surface area contributed by atoms with Gasteiger partial charge in [0.2, 0.25) is 8.32 Å². The Labute approximate surface area is 81.6 Å². The molecule has 1 nitrogen and oxygen atoms in total. The van der Waals surface area contributed by atoms with Gasteiger partial charge in [-0.15, -0.1) is 0 Å². The zero-order chi connectivity index (χ0) is 10.9. The second kappa shape index (κ2) is 3.65. The number of benzene rings is 1. The fourth-order valence-corrected chi connectivity index (χ4v) is 1.77. The van der Waals surface area contributed by atoms with Crippen LogP contribution < -0.4 is 4.43 Å². The Morgan fingerprint density at radius 2 is 1.43 bits per heavy atom. The first-order chi connectivity index (χ1) is 6.29. The van der Waals surface area contributed by atoms with Crippen LogP contribution in [0.5, 0.6) is 5.75 Å². The molecule has 1 rings (SSSR count). The van der Waals surface area contributed by atoms with Crippen molar-refractivity contribution in [2.45, 2.75) is 19.6 Å². The van der Waals surface area contributed by atoms with Gasteiger partial charge in [-0.25, -0.2) is 13.2 Å². The molecule has 78 valence electrons. The lowest BCUT2D eigenvalue weighted by Gasteiger charge is -2.19. The molecule has 1 aromatic rings. The van der Waals surface area contributed by atoms with Crippen LogP contribution in [-0.4, -0.2) is 8.32 Å². The van der Waals surface area contributed by atoms with Crippen molar-refractivity contribution in [1.29, 1.82) is 0 Å². The maximum Gasteiger partial charge on any atom is 0.242 e. The van der Waals surface area contributed by atoms with Crippen LogP contribution in [0.3, 0.4) is 0 Å². The van der Waals surface area contributed by atoms with E-state index in [4.69, 9.17) is 4.43 Å². The van der Waals surface area contributed by atoms with E-state index in [1.54, 1.807) is 0 Å². The second-order valence-electron chi connectivity index (χ2n) is 3.92. The fraction of sp³-hybridized carbons (Fsp3) is 0.333. The van der Waals surface area contributed by atoms with Gasteiger partial charge in [-0.2, -0.15) is 0 Å². The zero-order valence-electron chi connectivity index (χ0n) is 8.20. The van der Waals surface area contributed by atoms with Crippen LogP contribution in [-0.2, 0) is 0 Å². The van der Waals surface area contributed by atoms with Crippen LogP contribution in [0.4, 0.5) is 13.2 Å². The lowest BCUT2D eigenvalue weighted by atomic mass is 10.3. The van der Waals surface area contributed by atoms with Crippen molar-refractivity contribution in [2.75, 3.05) is 0 Å². The van der Waals surface area contributed by atoms with Gasteiger partial charge in [0.25, 0.3) is 0 Å². The standard InChI is InChI=1S/C9H11F3OSi/c1-14(2,3)13-6-4-7(10)9(12)8(11)5-6/h4-5H,1-3H3. The van der Waals surface area contributed by atoms with Crippen molar-refractivity contribution in [1.82, 2.24) is 0 Å². The molecule has 0 saturated carbocycles. The van der Waals surface area contributed by atoms with Gasteiger partial charge < -0.3 is 4.43 Å². The van der Waals surface area contributed by atoms with E-state index >= 15 is 0 Å². The summed E-state index contributed by atoms with van der Waals surface area (Å²) >= 11 is 0. The number of rotatable bonds is 2. The first kappa shape index (κ1) is 11.1. The third kappa shape index (κ3) is 2.76. The van der Waals surface area contributed by atoms with Crippen molar-refractivity contribution < 1.29 is 17.6 Å². The van der Waals surface area contributed by atoms with Gasteiger partial charge in [0.15, 0.2) is 17.5 Å². The second-order valence-corrected chi connectivity index (χ2v) is 8.34. The van der Waals surface area contributed by atoms with Crippen molar-refractivity contribution in [2.24, 2.45) is 0 Å². The minimum absolute atomic E-state index is 0.0422. The van der Waals surface area contributed by atoms with Crippen LogP contribution in [0.1, 0.15) is 0 Å². The molecule has 0 bridgehead atoms. The Balaban J connectivity index is 3.02. The third-order valence-corrected chi connectivity index (χ3v) is 2.23. The van der Waals surface area contributed by atoms with Crippen molar-refractivity contribution >= 4 is 8.32 Å². The normalized spacial score (nSPS) is 11.6. The van der Waals surface area contributed by atoms with Crippen molar-refractivity contribution in [3.63, 3.8) is 0 Å². The van der Waals surface area contributed by atoms with Crippen LogP contribution in [0.15, 0.2) is 12.1 Å². The molecule has 0 spiro atoms. The van der Waals surface area contributed by atoms with Crippen LogP contribution in [0, 0.1) is 17.5 Å². The van der Waals surface area contributed by atoms with Gasteiger partial charge in [0.1, 0.15) is 5.75 Å². The first-order valence-electron chi connectivity index (χ1n) is 4.13. The van der Waals surface area contributed by atoms with E-state index in [0.29, 0.717) is 0 Å². The maximum absolute atomic E-state index is 12.7. The predicted molar refractivity (Wildman–Crippen MR) is 50.3 cm³/mol. The molecule has 5 heteroatoms. The number of hydrogen-bond acceptors (Lipinski definition) is 1. The van der Waals surface area contributed by atoms with Crippen molar-refractivity contribution in [3.05, 3.63) is 29.6 Å². The Hall–Kier alpha value is -0.973. The summed E-state index contributed by atoms with van der Waals surface area (Å²) in [6.07, 6.45) is 0. The van der Waals surface area contributed by atoms with E-state index in [-0.39, 0.29) is 5.75 Å². The first-order valence-corrected chi connectivity index (χ1v) is 7.54. The van der Waals surface area contributed by atoms with Gasteiger partial charge in [-0.1, -0.05) is 0 Å². The fourth-order valence-electron chi connectivity index (χ4n) is 0.945. The molecule has 0 aromatic heterocycles. The SMILES string of the molecule is C[Si](C)(C)Oc1cc(F)c(F)c(F)c1. The molecule has 0 aliphatic carbocycles. The summed E-state index contributed by atoms with van der Waals surface area (Å²) in [5.41, 5.74) is 0. The Morgan fingerprint density at radius 3 is 1.79 bits per heavy atom. The maximum atomic E-state index is 12.7. The van der Waals surface area contributed by atoms with Gasteiger partial charge in [0, 0.05) is 12.1 Å². The summed E-state index contributed by atoms with van der Waals surface area (Å²) in [5.74, 6) is -3.87. The molecule has 0 fully saturated rings. The number of hydrogen-bond donors (Lipinski definition) is 0. The third-order valence-electron chi connectivity index (χ3n) is 1.38. The minimum Gasteiger partial charge on any atom is -0.544 e. The highest BCUT2D eigenvalue weighted by atomic mass is 28.4. The zero-order valence-corrected chi connectivity index (χ0v) is 9.20. The summed E-state index contributed by atoms with van der Waals surface area (Å²) in [6, 6.07) is 1.72. The average Bonchev–Trinajstić information content (AvgIpc) is 1.96. The van der Waals surface area contributed by atoms with E-state index in [1.807, 2.05) is 19.6 Å². The van der Waals surface area contributed by atoms with Crippen molar-refractivity contribution in [3.8, 4) is 5.75 Å². The molecule has 0 atom stereocenters. The van der Waals surface area contributed by atoms with E-state index in [1.165, 1.54) is 0 Å². The van der Waals surface area contributed by atoms with Crippen LogP contribution in [0.2, 0.25) is 19.6 Å². The molecule has 0 N–H and O–H groups in total. The molecule has 0 aliphatic rings. The summed E-state index contributed by atoms with van der Waals surface area (Å²) in [6.45, 7) is 5.60. The average molecular weight is 220 g/mol. The molecular weight excluding hydrogens is 209 g/mol. The summed E-state index contributed by atoms with van der Waals surface area (Å²) < 4.78 is 43.3. The molecule has 0 saturated heterocycles. The summed E-state index contributed by atoms with van der Waals surface area (Å²) in [4.78, 5) is 0. The minimum atomic E-state index is -1.92.